The third kappa shape index (κ3) is 4.33. The van der Waals surface area contributed by atoms with Crippen LogP contribution in [0.25, 0.3) is 0 Å². The van der Waals surface area contributed by atoms with E-state index in [1.807, 2.05) is 0 Å². The molecule has 7 heteroatoms. The Morgan fingerprint density at radius 1 is 0.889 bits per heavy atom. The molecule has 5 nitrogen and oxygen atoms in total. The molecule has 0 aliphatic rings. The fraction of sp³-hybridized carbons (Fsp3) is 0.0500. The fourth-order valence-corrected chi connectivity index (χ4v) is 2.34. The van der Waals surface area contributed by atoms with Gasteiger partial charge in [-0.25, -0.2) is 13.8 Å². The number of benzene rings is 2. The molecule has 27 heavy (non-hydrogen) atoms. The van der Waals surface area contributed by atoms with Gasteiger partial charge in [-0.3, -0.25) is 9.59 Å². The van der Waals surface area contributed by atoms with Crippen molar-refractivity contribution >= 4 is 28.9 Å². The minimum Gasteiger partial charge on any atom is -0.340 e. The number of halogens is 2. The minimum atomic E-state index is -0.858. The average Bonchev–Trinajstić information content (AvgIpc) is 2.66. The Labute approximate surface area is 154 Å². The van der Waals surface area contributed by atoms with Crippen LogP contribution in [0, 0.1) is 11.6 Å². The lowest BCUT2D eigenvalue weighted by Gasteiger charge is -2.09. The first-order valence-electron chi connectivity index (χ1n) is 8.03. The Hall–Kier alpha value is -3.61. The van der Waals surface area contributed by atoms with E-state index in [0.29, 0.717) is 11.4 Å². The van der Waals surface area contributed by atoms with Gasteiger partial charge in [0.1, 0.15) is 23.1 Å². The molecular weight excluding hydrogens is 352 g/mol. The average molecular weight is 367 g/mol. The van der Waals surface area contributed by atoms with Crippen molar-refractivity contribution < 1.29 is 18.4 Å². The number of carbonyl (C=O) groups is 2. The zero-order chi connectivity index (χ0) is 19.4. The molecule has 3 rings (SSSR count). The molecule has 2 N–H and O–H groups in total. The van der Waals surface area contributed by atoms with Crippen molar-refractivity contribution in [3.63, 3.8) is 0 Å². The molecule has 0 radical (unpaired) electrons. The Balaban J connectivity index is 1.69. The third-order valence-electron chi connectivity index (χ3n) is 3.79. The maximum absolute atomic E-state index is 13.6. The summed E-state index contributed by atoms with van der Waals surface area (Å²) in [4.78, 5) is 27.5. The number of ketones is 1. The second kappa shape index (κ2) is 7.74. The highest BCUT2D eigenvalue weighted by Crippen LogP contribution is 2.20. The number of anilines is 3. The summed E-state index contributed by atoms with van der Waals surface area (Å²) in [6, 6.07) is 13.2. The van der Waals surface area contributed by atoms with Crippen LogP contribution in [0.5, 0.6) is 0 Å². The molecule has 3 aromatic rings. The SMILES string of the molecule is CC(=O)c1ccc(Nc2ccc(C(=O)Nc3c(F)cccc3F)cn2)cc1. The largest absolute Gasteiger partial charge is 0.340 e. The van der Waals surface area contributed by atoms with E-state index in [0.717, 1.165) is 17.8 Å². The van der Waals surface area contributed by atoms with Crippen LogP contribution >= 0.6 is 0 Å². The van der Waals surface area contributed by atoms with E-state index in [1.54, 1.807) is 30.3 Å². The molecule has 0 atom stereocenters. The number of pyridine rings is 1. The number of aromatic nitrogens is 1. The first kappa shape index (κ1) is 18.2. The second-order valence-corrected chi connectivity index (χ2v) is 5.74. The smallest absolute Gasteiger partial charge is 0.257 e. The van der Waals surface area contributed by atoms with E-state index in [-0.39, 0.29) is 11.3 Å². The summed E-state index contributed by atoms with van der Waals surface area (Å²) in [6.07, 6.45) is 1.29. The highest BCUT2D eigenvalue weighted by Gasteiger charge is 2.13. The van der Waals surface area contributed by atoms with Crippen LogP contribution in [0.1, 0.15) is 27.6 Å². The predicted molar refractivity (Wildman–Crippen MR) is 98.3 cm³/mol. The molecule has 0 fully saturated rings. The standard InChI is InChI=1S/C20H15F2N3O2/c1-12(26)13-5-8-15(9-6-13)24-18-10-7-14(11-23-18)20(27)25-19-16(21)3-2-4-17(19)22/h2-11H,1H3,(H,23,24)(H,25,27). The van der Waals surface area contributed by atoms with Crippen molar-refractivity contribution in [2.75, 3.05) is 10.6 Å². The molecule has 1 amide bonds. The molecule has 0 spiro atoms. The number of hydrogen-bond acceptors (Lipinski definition) is 4. The summed E-state index contributed by atoms with van der Waals surface area (Å²) < 4.78 is 27.2. The maximum Gasteiger partial charge on any atom is 0.257 e. The van der Waals surface area contributed by atoms with Gasteiger partial charge in [0.2, 0.25) is 0 Å². The lowest BCUT2D eigenvalue weighted by Crippen LogP contribution is -2.14. The summed E-state index contributed by atoms with van der Waals surface area (Å²) in [6.45, 7) is 1.49. The quantitative estimate of drug-likeness (QED) is 0.649. The zero-order valence-corrected chi connectivity index (χ0v) is 14.3. The van der Waals surface area contributed by atoms with Crippen molar-refractivity contribution in [2.24, 2.45) is 0 Å². The molecule has 0 unspecified atom stereocenters. The number of rotatable bonds is 5. The lowest BCUT2D eigenvalue weighted by molar-refractivity contribution is 0.101. The Kier molecular flexibility index (Phi) is 5.21. The summed E-state index contributed by atoms with van der Waals surface area (Å²) >= 11 is 0. The molecule has 1 heterocycles. The number of nitrogens with one attached hydrogen (secondary N) is 2. The Morgan fingerprint density at radius 3 is 2.07 bits per heavy atom. The first-order chi connectivity index (χ1) is 12.9. The van der Waals surface area contributed by atoms with Gasteiger partial charge in [-0.15, -0.1) is 0 Å². The molecule has 2 aromatic carbocycles. The number of hydrogen-bond donors (Lipinski definition) is 2. The van der Waals surface area contributed by atoms with Crippen molar-refractivity contribution in [3.05, 3.63) is 83.6 Å². The fourth-order valence-electron chi connectivity index (χ4n) is 2.34. The number of nitrogens with zero attached hydrogens (tertiary/aromatic N) is 1. The Morgan fingerprint density at radius 2 is 1.52 bits per heavy atom. The molecule has 136 valence electrons. The van der Waals surface area contributed by atoms with Crippen LogP contribution in [-0.2, 0) is 0 Å². The van der Waals surface area contributed by atoms with Crippen molar-refractivity contribution in [2.45, 2.75) is 6.92 Å². The van der Waals surface area contributed by atoms with Gasteiger partial charge in [-0.05, 0) is 55.5 Å². The van der Waals surface area contributed by atoms with Crippen molar-refractivity contribution in [1.29, 1.82) is 0 Å². The van der Waals surface area contributed by atoms with Crippen LogP contribution in [0.15, 0.2) is 60.8 Å². The third-order valence-corrected chi connectivity index (χ3v) is 3.79. The number of amides is 1. The van der Waals surface area contributed by atoms with E-state index < -0.39 is 23.2 Å². The summed E-state index contributed by atoms with van der Waals surface area (Å²) in [5.41, 5.74) is 0.962. The predicted octanol–water partition coefficient (Wildman–Crippen LogP) is 4.56. The van der Waals surface area contributed by atoms with Gasteiger partial charge in [0.25, 0.3) is 5.91 Å². The van der Waals surface area contributed by atoms with Crippen LogP contribution < -0.4 is 10.6 Å². The van der Waals surface area contributed by atoms with Gasteiger partial charge in [-0.2, -0.15) is 0 Å². The van der Waals surface area contributed by atoms with Crippen LogP contribution in [0.3, 0.4) is 0 Å². The van der Waals surface area contributed by atoms with E-state index in [2.05, 4.69) is 15.6 Å². The van der Waals surface area contributed by atoms with Crippen molar-refractivity contribution in [1.82, 2.24) is 4.98 Å². The van der Waals surface area contributed by atoms with Gasteiger partial charge < -0.3 is 10.6 Å². The van der Waals surface area contributed by atoms with E-state index >= 15 is 0 Å². The van der Waals surface area contributed by atoms with Crippen molar-refractivity contribution in [3.8, 4) is 0 Å². The topological polar surface area (TPSA) is 71.1 Å². The number of Topliss-reactive ketones (excluding diaryl/α,β-unsaturated/α-hetero) is 1. The van der Waals surface area contributed by atoms with Gasteiger partial charge in [0.15, 0.2) is 5.78 Å². The highest BCUT2D eigenvalue weighted by molar-refractivity contribution is 6.04. The highest BCUT2D eigenvalue weighted by atomic mass is 19.1. The lowest BCUT2D eigenvalue weighted by atomic mass is 10.1. The molecule has 0 saturated heterocycles. The molecule has 0 aliphatic heterocycles. The normalized spacial score (nSPS) is 10.3. The zero-order valence-electron chi connectivity index (χ0n) is 14.3. The van der Waals surface area contributed by atoms with Crippen LogP contribution in [-0.4, -0.2) is 16.7 Å². The van der Waals surface area contributed by atoms with Gasteiger partial charge in [0.05, 0.1) is 5.56 Å². The van der Waals surface area contributed by atoms with E-state index in [1.165, 1.54) is 25.3 Å². The van der Waals surface area contributed by atoms with Crippen LogP contribution in [0.4, 0.5) is 26.0 Å². The van der Waals surface area contributed by atoms with E-state index in [9.17, 15) is 18.4 Å². The molecule has 0 aliphatic carbocycles. The monoisotopic (exact) mass is 367 g/mol. The molecule has 0 bridgehead atoms. The first-order valence-corrected chi connectivity index (χ1v) is 8.03. The second-order valence-electron chi connectivity index (χ2n) is 5.74. The number of carbonyl (C=O) groups excluding carboxylic acids is 2. The van der Waals surface area contributed by atoms with Gasteiger partial charge in [0, 0.05) is 17.4 Å². The maximum atomic E-state index is 13.6. The summed E-state index contributed by atoms with van der Waals surface area (Å²) in [7, 11) is 0. The van der Waals surface area contributed by atoms with Gasteiger partial charge >= 0.3 is 0 Å². The van der Waals surface area contributed by atoms with Crippen LogP contribution in [0.2, 0.25) is 0 Å². The summed E-state index contributed by atoms with van der Waals surface area (Å²) in [5.74, 6) is -1.95. The Bertz CT molecular complexity index is 967. The van der Waals surface area contributed by atoms with E-state index in [4.69, 9.17) is 0 Å². The molecule has 0 saturated carbocycles. The molecule has 1 aromatic heterocycles. The minimum absolute atomic E-state index is 0.0265. The number of para-hydroxylation sites is 1. The summed E-state index contributed by atoms with van der Waals surface area (Å²) in [5, 5.41) is 5.23. The van der Waals surface area contributed by atoms with Gasteiger partial charge in [-0.1, -0.05) is 6.07 Å². The molecular formula is C20H15F2N3O2.